The average molecular weight is 416 g/mol. The maximum atomic E-state index is 14.0. The lowest BCUT2D eigenvalue weighted by Gasteiger charge is -2.15. The lowest BCUT2D eigenvalue weighted by atomic mass is 10.0. The Labute approximate surface area is 139 Å². The molecule has 1 unspecified atom stereocenters. The quantitative estimate of drug-likeness (QED) is 0.625. The highest BCUT2D eigenvalue weighted by molar-refractivity contribution is 9.10. The Kier molecular flexibility index (Phi) is 4.50. The zero-order chi connectivity index (χ0) is 14.8. The first kappa shape index (κ1) is 14.9. The zero-order valence-corrected chi connectivity index (χ0v) is 14.3. The van der Waals surface area contributed by atoms with Gasteiger partial charge in [-0.05, 0) is 35.9 Å². The van der Waals surface area contributed by atoms with Crippen molar-refractivity contribution in [2.75, 3.05) is 13.2 Å². The van der Waals surface area contributed by atoms with Crippen molar-refractivity contribution in [1.82, 2.24) is 0 Å². The Morgan fingerprint density at radius 2 is 1.76 bits per heavy atom. The van der Waals surface area contributed by atoms with Crippen molar-refractivity contribution in [3.63, 3.8) is 0 Å². The van der Waals surface area contributed by atoms with Gasteiger partial charge < -0.3 is 9.47 Å². The molecule has 1 heterocycles. The molecule has 2 nitrogen and oxygen atoms in total. The molecule has 0 radical (unpaired) electrons. The Morgan fingerprint density at radius 1 is 1.00 bits per heavy atom. The molecule has 1 aliphatic heterocycles. The summed E-state index contributed by atoms with van der Waals surface area (Å²) in [5, 5.41) is 0. The van der Waals surface area contributed by atoms with E-state index in [9.17, 15) is 4.39 Å². The van der Waals surface area contributed by atoms with E-state index in [0.717, 1.165) is 22.2 Å². The van der Waals surface area contributed by atoms with Crippen LogP contribution in [0.5, 0.6) is 11.5 Å². The van der Waals surface area contributed by atoms with E-state index >= 15 is 0 Å². The summed E-state index contributed by atoms with van der Waals surface area (Å²) in [4.78, 5) is -0.243. The Bertz CT molecular complexity index is 661. The van der Waals surface area contributed by atoms with Gasteiger partial charge in [-0.25, -0.2) is 4.39 Å². The second-order valence-electron chi connectivity index (χ2n) is 4.79. The topological polar surface area (TPSA) is 18.5 Å². The molecule has 3 rings (SSSR count). The summed E-state index contributed by atoms with van der Waals surface area (Å²) in [6.07, 6.45) is 0.863. The van der Waals surface area contributed by atoms with Crippen molar-refractivity contribution in [1.29, 1.82) is 0 Å². The van der Waals surface area contributed by atoms with Crippen LogP contribution in [0.3, 0.4) is 0 Å². The van der Waals surface area contributed by atoms with Crippen molar-refractivity contribution in [3.05, 3.63) is 57.8 Å². The molecular formula is C16H13Br2FO2. The minimum atomic E-state index is -0.243. The molecule has 2 aromatic carbocycles. The molecule has 0 saturated heterocycles. The van der Waals surface area contributed by atoms with Crippen molar-refractivity contribution in [2.45, 2.75) is 11.2 Å². The third-order valence-electron chi connectivity index (χ3n) is 3.30. The summed E-state index contributed by atoms with van der Waals surface area (Å²) in [6, 6.07) is 10.6. The van der Waals surface area contributed by atoms with Gasteiger partial charge in [0.1, 0.15) is 5.82 Å². The summed E-state index contributed by atoms with van der Waals surface area (Å²) >= 11 is 6.94. The fourth-order valence-electron chi connectivity index (χ4n) is 2.23. The van der Waals surface area contributed by atoms with E-state index in [1.54, 1.807) is 12.1 Å². The molecule has 1 aliphatic rings. The smallest absolute Gasteiger partial charge is 0.161 e. The molecule has 0 bridgehead atoms. The average Bonchev–Trinajstić information content (AvgIpc) is 2.73. The first-order chi connectivity index (χ1) is 10.1. The second kappa shape index (κ2) is 6.36. The van der Waals surface area contributed by atoms with E-state index in [1.165, 1.54) is 6.07 Å². The number of rotatable bonds is 2. The predicted octanol–water partition coefficient (Wildman–Crippen LogP) is 5.23. The van der Waals surface area contributed by atoms with Gasteiger partial charge in [0, 0.05) is 16.5 Å². The fraction of sp³-hybridized carbons (Fsp3) is 0.250. The molecule has 0 amide bonds. The second-order valence-corrected chi connectivity index (χ2v) is 6.62. The summed E-state index contributed by atoms with van der Waals surface area (Å²) in [5.41, 5.74) is 1.51. The normalized spacial score (nSPS) is 15.4. The summed E-state index contributed by atoms with van der Waals surface area (Å²) in [5.74, 6) is 1.21. The standard InChI is InChI=1S/C16H13Br2FO2/c17-11-3-4-13(19)12(9-11)16(18)10-2-5-14-15(8-10)21-7-1-6-20-14/h2-5,8-9,16H,1,6-7H2. The Balaban J connectivity index is 1.96. The minimum absolute atomic E-state index is 0.243. The Morgan fingerprint density at radius 3 is 2.57 bits per heavy atom. The third kappa shape index (κ3) is 3.24. The number of hydrogen-bond acceptors (Lipinski definition) is 2. The molecule has 21 heavy (non-hydrogen) atoms. The first-order valence-corrected chi connectivity index (χ1v) is 8.34. The van der Waals surface area contributed by atoms with Gasteiger partial charge in [-0.2, -0.15) is 0 Å². The predicted molar refractivity (Wildman–Crippen MR) is 86.9 cm³/mol. The zero-order valence-electron chi connectivity index (χ0n) is 11.1. The molecule has 2 aromatic rings. The summed E-state index contributed by atoms with van der Waals surface area (Å²) in [7, 11) is 0. The highest BCUT2D eigenvalue weighted by atomic mass is 79.9. The van der Waals surface area contributed by atoms with Crippen molar-refractivity contribution in [2.24, 2.45) is 0 Å². The molecule has 0 fully saturated rings. The number of alkyl halides is 1. The largest absolute Gasteiger partial charge is 0.490 e. The van der Waals surface area contributed by atoms with Gasteiger partial charge >= 0.3 is 0 Å². The maximum absolute atomic E-state index is 14.0. The van der Waals surface area contributed by atoms with Gasteiger partial charge in [-0.3, -0.25) is 0 Å². The van der Waals surface area contributed by atoms with E-state index in [1.807, 2.05) is 18.2 Å². The molecular weight excluding hydrogens is 403 g/mol. The number of ether oxygens (including phenoxy) is 2. The van der Waals surface area contributed by atoms with Crippen LogP contribution in [0.15, 0.2) is 40.9 Å². The molecule has 0 spiro atoms. The first-order valence-electron chi connectivity index (χ1n) is 6.64. The number of fused-ring (bicyclic) bond motifs is 1. The van der Waals surface area contributed by atoms with Crippen LogP contribution in [0.1, 0.15) is 22.4 Å². The molecule has 5 heteroatoms. The molecule has 0 aliphatic carbocycles. The van der Waals surface area contributed by atoms with Gasteiger partial charge in [0.05, 0.1) is 18.0 Å². The van der Waals surface area contributed by atoms with Crippen LogP contribution in [0.2, 0.25) is 0 Å². The van der Waals surface area contributed by atoms with E-state index in [4.69, 9.17) is 9.47 Å². The monoisotopic (exact) mass is 414 g/mol. The van der Waals surface area contributed by atoms with Crippen LogP contribution in [0, 0.1) is 5.82 Å². The lowest BCUT2D eigenvalue weighted by molar-refractivity contribution is 0.297. The van der Waals surface area contributed by atoms with Crippen LogP contribution in [0.4, 0.5) is 4.39 Å². The number of halogens is 3. The van der Waals surface area contributed by atoms with Crippen molar-refractivity contribution in [3.8, 4) is 11.5 Å². The van der Waals surface area contributed by atoms with E-state index in [0.29, 0.717) is 24.5 Å². The van der Waals surface area contributed by atoms with Crippen molar-refractivity contribution >= 4 is 31.9 Å². The third-order valence-corrected chi connectivity index (χ3v) is 4.81. The summed E-state index contributed by atoms with van der Waals surface area (Å²) < 4.78 is 26.1. The molecule has 0 aromatic heterocycles. The Hall–Kier alpha value is -1.07. The van der Waals surface area contributed by atoms with Crippen molar-refractivity contribution < 1.29 is 13.9 Å². The highest BCUT2D eigenvalue weighted by Gasteiger charge is 2.18. The number of benzene rings is 2. The molecule has 1 atom stereocenters. The van der Waals surface area contributed by atoms with Gasteiger partial charge in [0.15, 0.2) is 11.5 Å². The van der Waals surface area contributed by atoms with Gasteiger partial charge in [0.2, 0.25) is 0 Å². The van der Waals surface area contributed by atoms with Gasteiger partial charge in [-0.1, -0.05) is 37.9 Å². The highest BCUT2D eigenvalue weighted by Crippen LogP contribution is 2.38. The molecule has 0 saturated carbocycles. The SMILES string of the molecule is Fc1ccc(Br)cc1C(Br)c1ccc2c(c1)OCCCO2. The van der Waals surface area contributed by atoms with Gasteiger partial charge in [0.25, 0.3) is 0 Å². The van der Waals surface area contributed by atoms with E-state index in [2.05, 4.69) is 31.9 Å². The molecule has 0 N–H and O–H groups in total. The van der Waals surface area contributed by atoms with Crippen LogP contribution < -0.4 is 9.47 Å². The van der Waals surface area contributed by atoms with Crippen LogP contribution in [0.25, 0.3) is 0 Å². The van der Waals surface area contributed by atoms with E-state index in [-0.39, 0.29) is 10.6 Å². The summed E-state index contributed by atoms with van der Waals surface area (Å²) in [6.45, 7) is 1.29. The van der Waals surface area contributed by atoms with Crippen LogP contribution in [-0.2, 0) is 0 Å². The van der Waals surface area contributed by atoms with Gasteiger partial charge in [-0.15, -0.1) is 0 Å². The lowest BCUT2D eigenvalue weighted by Crippen LogP contribution is -1.99. The van der Waals surface area contributed by atoms with Crippen LogP contribution >= 0.6 is 31.9 Å². The maximum Gasteiger partial charge on any atom is 0.161 e. The minimum Gasteiger partial charge on any atom is -0.490 e. The van der Waals surface area contributed by atoms with Crippen LogP contribution in [-0.4, -0.2) is 13.2 Å². The number of hydrogen-bond donors (Lipinski definition) is 0. The molecule has 110 valence electrons. The van der Waals surface area contributed by atoms with E-state index < -0.39 is 0 Å². The fourth-order valence-corrected chi connectivity index (χ4v) is 3.24.